The van der Waals surface area contributed by atoms with Crippen LogP contribution in [0.4, 0.5) is 4.39 Å². The topological polar surface area (TPSA) is 40.5 Å². The third-order valence-corrected chi connectivity index (χ3v) is 4.24. The zero-order valence-corrected chi connectivity index (χ0v) is 12.4. The van der Waals surface area contributed by atoms with Gasteiger partial charge in [0.15, 0.2) is 0 Å². The summed E-state index contributed by atoms with van der Waals surface area (Å²) in [5, 5.41) is 8.60. The highest BCUT2D eigenvalue weighted by molar-refractivity contribution is 5.66. The first kappa shape index (κ1) is 16.0. The predicted octanol–water partition coefficient (Wildman–Crippen LogP) is 3.34. The van der Waals surface area contributed by atoms with Gasteiger partial charge >= 0.3 is 5.97 Å². The Morgan fingerprint density at radius 3 is 2.71 bits per heavy atom. The maximum absolute atomic E-state index is 13.2. The molecule has 2 rings (SSSR count). The standard InChI is InChI=1S/C17H24FNO2/c18-16-5-3-4-15(13-16)12-14-7-10-19(11-8-14)9-2-1-6-17(20)21/h3-5,13-14H,1-2,6-12H2,(H,20,21). The summed E-state index contributed by atoms with van der Waals surface area (Å²) in [6.07, 6.45) is 5.25. The zero-order valence-electron chi connectivity index (χ0n) is 12.4. The molecule has 0 spiro atoms. The second-order valence-electron chi connectivity index (χ2n) is 5.97. The number of benzene rings is 1. The smallest absolute Gasteiger partial charge is 0.303 e. The number of hydrogen-bond acceptors (Lipinski definition) is 2. The molecule has 1 heterocycles. The Bertz CT molecular complexity index is 456. The molecule has 0 amide bonds. The predicted molar refractivity (Wildman–Crippen MR) is 80.8 cm³/mol. The van der Waals surface area contributed by atoms with Crippen molar-refractivity contribution in [1.29, 1.82) is 0 Å². The molecule has 0 atom stereocenters. The third-order valence-electron chi connectivity index (χ3n) is 4.24. The summed E-state index contributed by atoms with van der Waals surface area (Å²) >= 11 is 0. The van der Waals surface area contributed by atoms with E-state index in [0.29, 0.717) is 5.92 Å². The highest BCUT2D eigenvalue weighted by Crippen LogP contribution is 2.22. The fraction of sp³-hybridized carbons (Fsp3) is 0.588. The van der Waals surface area contributed by atoms with Gasteiger partial charge in [0.25, 0.3) is 0 Å². The van der Waals surface area contributed by atoms with Gasteiger partial charge in [0, 0.05) is 6.42 Å². The molecule has 1 aromatic rings. The summed E-state index contributed by atoms with van der Waals surface area (Å²) in [6.45, 7) is 3.15. The molecule has 0 bridgehead atoms. The number of carbonyl (C=O) groups is 1. The lowest BCUT2D eigenvalue weighted by Gasteiger charge is -2.32. The molecule has 3 nitrogen and oxygen atoms in total. The van der Waals surface area contributed by atoms with Crippen LogP contribution in [-0.2, 0) is 11.2 Å². The van der Waals surface area contributed by atoms with Gasteiger partial charge in [-0.25, -0.2) is 4.39 Å². The quantitative estimate of drug-likeness (QED) is 0.784. The molecule has 1 saturated heterocycles. The Morgan fingerprint density at radius 2 is 2.05 bits per heavy atom. The molecule has 0 saturated carbocycles. The molecule has 0 aromatic heterocycles. The minimum Gasteiger partial charge on any atom is -0.481 e. The number of carboxylic acid groups (broad SMARTS) is 1. The van der Waals surface area contributed by atoms with Crippen LogP contribution in [0.3, 0.4) is 0 Å². The molecule has 1 fully saturated rings. The van der Waals surface area contributed by atoms with Gasteiger partial charge < -0.3 is 10.0 Å². The second-order valence-corrected chi connectivity index (χ2v) is 5.97. The van der Waals surface area contributed by atoms with Gasteiger partial charge in [-0.05, 0) is 75.4 Å². The first-order valence-electron chi connectivity index (χ1n) is 7.82. The minimum atomic E-state index is -0.705. The van der Waals surface area contributed by atoms with Crippen LogP contribution in [0.25, 0.3) is 0 Å². The van der Waals surface area contributed by atoms with Crippen LogP contribution in [0.5, 0.6) is 0 Å². The molecule has 1 N–H and O–H groups in total. The van der Waals surface area contributed by atoms with E-state index in [2.05, 4.69) is 4.90 Å². The number of hydrogen-bond donors (Lipinski definition) is 1. The van der Waals surface area contributed by atoms with Gasteiger partial charge in [0.05, 0.1) is 0 Å². The minimum absolute atomic E-state index is 0.150. The van der Waals surface area contributed by atoms with Gasteiger partial charge in [0.2, 0.25) is 0 Å². The van der Waals surface area contributed by atoms with E-state index in [1.54, 1.807) is 12.1 Å². The normalized spacial score (nSPS) is 17.0. The average molecular weight is 293 g/mol. The first-order chi connectivity index (χ1) is 10.1. The Labute approximate surface area is 125 Å². The fourth-order valence-electron chi connectivity index (χ4n) is 3.02. The average Bonchev–Trinajstić information content (AvgIpc) is 2.45. The van der Waals surface area contributed by atoms with E-state index in [1.165, 1.54) is 6.07 Å². The summed E-state index contributed by atoms with van der Waals surface area (Å²) in [6, 6.07) is 6.91. The van der Waals surface area contributed by atoms with Crippen molar-refractivity contribution in [2.45, 2.75) is 38.5 Å². The van der Waals surface area contributed by atoms with Crippen LogP contribution in [0.1, 0.15) is 37.7 Å². The van der Waals surface area contributed by atoms with Crippen molar-refractivity contribution in [3.05, 3.63) is 35.6 Å². The molecule has 1 aliphatic heterocycles. The van der Waals surface area contributed by atoms with Crippen LogP contribution in [0, 0.1) is 11.7 Å². The molecule has 116 valence electrons. The molecule has 1 aliphatic rings. The SMILES string of the molecule is O=C(O)CCCCN1CCC(Cc2cccc(F)c2)CC1. The van der Waals surface area contributed by atoms with E-state index in [4.69, 9.17) is 5.11 Å². The maximum Gasteiger partial charge on any atom is 0.303 e. The van der Waals surface area contributed by atoms with Crippen LogP contribution < -0.4 is 0 Å². The molecular formula is C17H24FNO2. The number of piperidine rings is 1. The monoisotopic (exact) mass is 293 g/mol. The molecule has 0 unspecified atom stereocenters. The van der Waals surface area contributed by atoms with E-state index < -0.39 is 5.97 Å². The number of nitrogens with zero attached hydrogens (tertiary/aromatic N) is 1. The second kappa shape index (κ2) is 8.13. The third kappa shape index (κ3) is 5.84. The zero-order chi connectivity index (χ0) is 15.1. The van der Waals surface area contributed by atoms with Gasteiger partial charge in [-0.2, -0.15) is 0 Å². The van der Waals surface area contributed by atoms with Gasteiger partial charge in [-0.3, -0.25) is 4.79 Å². The highest BCUT2D eigenvalue weighted by atomic mass is 19.1. The number of aliphatic carboxylic acids is 1. The summed E-state index contributed by atoms with van der Waals surface area (Å²) in [7, 11) is 0. The van der Waals surface area contributed by atoms with Crippen molar-refractivity contribution in [3.8, 4) is 0 Å². The first-order valence-corrected chi connectivity index (χ1v) is 7.82. The molecule has 0 aliphatic carbocycles. The fourth-order valence-corrected chi connectivity index (χ4v) is 3.02. The molecular weight excluding hydrogens is 269 g/mol. The molecule has 1 aromatic carbocycles. The number of carboxylic acids is 1. The van der Waals surface area contributed by atoms with Crippen molar-refractivity contribution in [3.63, 3.8) is 0 Å². The van der Waals surface area contributed by atoms with E-state index >= 15 is 0 Å². The lowest BCUT2D eigenvalue weighted by atomic mass is 9.90. The Balaban J connectivity index is 1.65. The maximum atomic E-state index is 13.2. The lowest BCUT2D eigenvalue weighted by Crippen LogP contribution is -2.35. The van der Waals surface area contributed by atoms with Crippen LogP contribution >= 0.6 is 0 Å². The summed E-state index contributed by atoms with van der Waals surface area (Å²) in [5.41, 5.74) is 1.09. The largest absolute Gasteiger partial charge is 0.481 e. The van der Waals surface area contributed by atoms with Gasteiger partial charge in [-0.15, -0.1) is 0 Å². The summed E-state index contributed by atoms with van der Waals surface area (Å²) < 4.78 is 13.2. The number of unbranched alkanes of at least 4 members (excludes halogenated alkanes) is 1. The van der Waals surface area contributed by atoms with Gasteiger partial charge in [-0.1, -0.05) is 12.1 Å². The van der Waals surface area contributed by atoms with Crippen molar-refractivity contribution in [2.75, 3.05) is 19.6 Å². The Hall–Kier alpha value is -1.42. The van der Waals surface area contributed by atoms with Crippen molar-refractivity contribution in [1.82, 2.24) is 4.90 Å². The molecule has 4 heteroatoms. The lowest BCUT2D eigenvalue weighted by molar-refractivity contribution is -0.137. The van der Waals surface area contributed by atoms with E-state index in [-0.39, 0.29) is 12.2 Å². The number of halogens is 1. The molecule has 0 radical (unpaired) electrons. The van der Waals surface area contributed by atoms with Crippen LogP contribution in [0.15, 0.2) is 24.3 Å². The number of rotatable bonds is 7. The van der Waals surface area contributed by atoms with E-state index in [0.717, 1.165) is 57.3 Å². The Morgan fingerprint density at radius 1 is 1.29 bits per heavy atom. The van der Waals surface area contributed by atoms with Crippen molar-refractivity contribution < 1.29 is 14.3 Å². The van der Waals surface area contributed by atoms with Crippen molar-refractivity contribution >= 4 is 5.97 Å². The summed E-state index contributed by atoms with van der Waals surface area (Å²) in [4.78, 5) is 12.9. The van der Waals surface area contributed by atoms with E-state index in [9.17, 15) is 9.18 Å². The van der Waals surface area contributed by atoms with Crippen LogP contribution in [-0.4, -0.2) is 35.6 Å². The highest BCUT2D eigenvalue weighted by Gasteiger charge is 2.19. The van der Waals surface area contributed by atoms with Crippen LogP contribution in [0.2, 0.25) is 0 Å². The molecule has 21 heavy (non-hydrogen) atoms. The van der Waals surface area contributed by atoms with Crippen molar-refractivity contribution in [2.24, 2.45) is 5.92 Å². The Kier molecular flexibility index (Phi) is 6.18. The number of likely N-dealkylation sites (tertiary alicyclic amines) is 1. The summed E-state index contributed by atoms with van der Waals surface area (Å²) in [5.74, 6) is -0.214. The van der Waals surface area contributed by atoms with Gasteiger partial charge in [0.1, 0.15) is 5.82 Å². The van der Waals surface area contributed by atoms with E-state index in [1.807, 2.05) is 6.07 Å².